The molecule has 2 N–H and O–H groups in total. The van der Waals surface area contributed by atoms with Crippen molar-refractivity contribution in [2.24, 2.45) is 0 Å². The summed E-state index contributed by atoms with van der Waals surface area (Å²) in [5.74, 6) is 0. The summed E-state index contributed by atoms with van der Waals surface area (Å²) in [6, 6.07) is 5.89. The number of carbonyl (C=O) groups excluding carboxylic acids is 1. The molecule has 0 spiro atoms. The van der Waals surface area contributed by atoms with Crippen LogP contribution in [0.1, 0.15) is 34.6 Å². The van der Waals surface area contributed by atoms with Gasteiger partial charge in [0.05, 0.1) is 22.3 Å². The Bertz CT molecular complexity index is 771. The number of hydrogen-bond donors (Lipinski definition) is 1. The third kappa shape index (κ3) is 3.81. The summed E-state index contributed by atoms with van der Waals surface area (Å²) in [6.45, 7) is 11.3. The average Bonchev–Trinajstić information content (AvgIpc) is 2.87. The lowest BCUT2D eigenvalue weighted by Crippen LogP contribution is -2.59. The van der Waals surface area contributed by atoms with Gasteiger partial charge in [0, 0.05) is 18.8 Å². The first-order valence-corrected chi connectivity index (χ1v) is 9.38. The summed E-state index contributed by atoms with van der Waals surface area (Å²) in [5.41, 5.74) is 7.09. The molecule has 0 unspecified atom stereocenters. The highest BCUT2D eigenvalue weighted by molar-refractivity contribution is 7.22. The molecule has 1 amide bonds. The molecule has 2 aromatic rings. The summed E-state index contributed by atoms with van der Waals surface area (Å²) in [6.07, 6.45) is -0.246. The van der Waals surface area contributed by atoms with Crippen LogP contribution in [-0.4, -0.2) is 46.8 Å². The fourth-order valence-electron chi connectivity index (χ4n) is 3.22. The minimum Gasteiger partial charge on any atom is -0.444 e. The lowest BCUT2D eigenvalue weighted by molar-refractivity contribution is 0.00566. The number of ether oxygens (including phenoxy) is 1. The summed E-state index contributed by atoms with van der Waals surface area (Å²) in [5, 5.41) is 0.975. The highest BCUT2D eigenvalue weighted by Gasteiger charge is 2.36. The van der Waals surface area contributed by atoms with E-state index < -0.39 is 5.60 Å². The average molecular weight is 362 g/mol. The Balaban J connectivity index is 1.77. The van der Waals surface area contributed by atoms with Crippen molar-refractivity contribution < 1.29 is 9.53 Å². The van der Waals surface area contributed by atoms with Gasteiger partial charge in [-0.2, -0.15) is 0 Å². The van der Waals surface area contributed by atoms with Crippen molar-refractivity contribution in [3.8, 4) is 0 Å². The lowest BCUT2D eigenvalue weighted by Gasteiger charge is -2.44. The molecule has 136 valence electrons. The zero-order chi connectivity index (χ0) is 18.4. The maximum Gasteiger partial charge on any atom is 0.410 e. The zero-order valence-corrected chi connectivity index (χ0v) is 16.3. The van der Waals surface area contributed by atoms with Gasteiger partial charge in [-0.3, -0.25) is 4.90 Å². The van der Waals surface area contributed by atoms with Crippen LogP contribution in [0.3, 0.4) is 0 Å². The molecule has 0 radical (unpaired) electrons. The van der Waals surface area contributed by atoms with E-state index in [-0.39, 0.29) is 18.2 Å². The van der Waals surface area contributed by atoms with Gasteiger partial charge in [0.25, 0.3) is 0 Å². The van der Waals surface area contributed by atoms with Gasteiger partial charge in [-0.15, -0.1) is 0 Å². The molecule has 0 saturated carbocycles. The SMILES string of the molecule is C[C@@H]1CN(c2nc3ccc(N)cc3s2)C[C@H](C)N1C(=O)OC(C)(C)C. The maximum absolute atomic E-state index is 12.5. The van der Waals surface area contributed by atoms with E-state index >= 15 is 0 Å². The molecule has 0 bridgehead atoms. The number of nitrogen functional groups attached to an aromatic ring is 1. The van der Waals surface area contributed by atoms with E-state index in [0.717, 1.165) is 34.1 Å². The number of hydrogen-bond acceptors (Lipinski definition) is 6. The lowest BCUT2D eigenvalue weighted by atomic mass is 10.1. The Morgan fingerprint density at radius 2 is 1.92 bits per heavy atom. The van der Waals surface area contributed by atoms with Gasteiger partial charge in [-0.05, 0) is 52.8 Å². The second-order valence-electron chi connectivity index (χ2n) is 7.71. The van der Waals surface area contributed by atoms with Crippen LogP contribution >= 0.6 is 11.3 Å². The van der Waals surface area contributed by atoms with Crippen molar-refractivity contribution in [2.45, 2.75) is 52.3 Å². The number of anilines is 2. The van der Waals surface area contributed by atoms with Crippen LogP contribution in [0, 0.1) is 0 Å². The molecule has 1 fully saturated rings. The van der Waals surface area contributed by atoms with Gasteiger partial charge in [-0.25, -0.2) is 9.78 Å². The van der Waals surface area contributed by atoms with Crippen LogP contribution < -0.4 is 10.6 Å². The number of benzene rings is 1. The summed E-state index contributed by atoms with van der Waals surface area (Å²) in [4.78, 5) is 21.3. The Morgan fingerprint density at radius 1 is 1.28 bits per heavy atom. The van der Waals surface area contributed by atoms with Crippen molar-refractivity contribution in [1.82, 2.24) is 9.88 Å². The number of fused-ring (bicyclic) bond motifs is 1. The second-order valence-corrected chi connectivity index (χ2v) is 8.72. The number of aromatic nitrogens is 1. The minimum atomic E-state index is -0.485. The molecule has 6 nitrogen and oxygen atoms in total. The number of thiazole rings is 1. The van der Waals surface area contributed by atoms with Crippen molar-refractivity contribution in [3.63, 3.8) is 0 Å². The van der Waals surface area contributed by atoms with Crippen LogP contribution in [0.5, 0.6) is 0 Å². The van der Waals surface area contributed by atoms with E-state index in [9.17, 15) is 4.79 Å². The molecule has 1 saturated heterocycles. The normalized spacial score (nSPS) is 21.6. The fraction of sp³-hybridized carbons (Fsp3) is 0.556. The van der Waals surface area contributed by atoms with Crippen molar-refractivity contribution >= 4 is 38.5 Å². The first kappa shape index (κ1) is 17.8. The summed E-state index contributed by atoms with van der Waals surface area (Å²) in [7, 11) is 0. The van der Waals surface area contributed by atoms with Crippen LogP contribution in [0.2, 0.25) is 0 Å². The fourth-order valence-corrected chi connectivity index (χ4v) is 4.25. The first-order valence-electron chi connectivity index (χ1n) is 8.56. The van der Waals surface area contributed by atoms with Crippen molar-refractivity contribution in [3.05, 3.63) is 18.2 Å². The molecular weight excluding hydrogens is 336 g/mol. The number of nitrogens with two attached hydrogens (primary N) is 1. The number of rotatable bonds is 1. The van der Waals surface area contributed by atoms with Crippen LogP contribution in [0.25, 0.3) is 10.2 Å². The highest BCUT2D eigenvalue weighted by atomic mass is 32.1. The van der Waals surface area contributed by atoms with E-state index in [1.165, 1.54) is 0 Å². The van der Waals surface area contributed by atoms with Gasteiger partial charge in [-0.1, -0.05) is 11.3 Å². The van der Waals surface area contributed by atoms with Crippen LogP contribution in [0.15, 0.2) is 18.2 Å². The Morgan fingerprint density at radius 3 is 2.52 bits per heavy atom. The predicted molar refractivity (Wildman–Crippen MR) is 103 cm³/mol. The summed E-state index contributed by atoms with van der Waals surface area (Å²) < 4.78 is 6.65. The first-order chi connectivity index (χ1) is 11.6. The standard InChI is InChI=1S/C18H26N4O2S/c1-11-9-21(10-12(2)22(11)17(23)24-18(3,4)5)16-20-14-7-6-13(19)8-15(14)25-16/h6-8,11-12H,9-10,19H2,1-5H3/t11-,12+. The Kier molecular flexibility index (Phi) is 4.53. The van der Waals surface area contributed by atoms with Gasteiger partial charge in [0.1, 0.15) is 5.60 Å². The van der Waals surface area contributed by atoms with Crippen molar-refractivity contribution in [1.29, 1.82) is 0 Å². The molecule has 1 aliphatic heterocycles. The number of amides is 1. The third-order valence-electron chi connectivity index (χ3n) is 4.19. The van der Waals surface area contributed by atoms with Crippen LogP contribution in [0.4, 0.5) is 15.6 Å². The molecule has 3 rings (SSSR count). The molecule has 1 aromatic heterocycles. The molecule has 1 aliphatic rings. The molecular formula is C18H26N4O2S. The second kappa shape index (κ2) is 6.37. The maximum atomic E-state index is 12.5. The molecule has 25 heavy (non-hydrogen) atoms. The molecule has 1 aromatic carbocycles. The minimum absolute atomic E-state index is 0.0516. The molecule has 2 heterocycles. The van der Waals surface area contributed by atoms with Gasteiger partial charge >= 0.3 is 6.09 Å². The van der Waals surface area contributed by atoms with E-state index in [1.807, 2.05) is 43.9 Å². The topological polar surface area (TPSA) is 71.7 Å². The van der Waals surface area contributed by atoms with Crippen LogP contribution in [-0.2, 0) is 4.74 Å². The third-order valence-corrected chi connectivity index (χ3v) is 5.27. The molecule has 0 aliphatic carbocycles. The van der Waals surface area contributed by atoms with Gasteiger partial charge in [0.2, 0.25) is 0 Å². The number of carbonyl (C=O) groups is 1. The number of piperazine rings is 1. The monoisotopic (exact) mass is 362 g/mol. The van der Waals surface area contributed by atoms with E-state index in [2.05, 4.69) is 18.7 Å². The van der Waals surface area contributed by atoms with E-state index in [0.29, 0.717) is 0 Å². The Hall–Kier alpha value is -2.02. The zero-order valence-electron chi connectivity index (χ0n) is 15.4. The quantitative estimate of drug-likeness (QED) is 0.783. The van der Waals surface area contributed by atoms with E-state index in [4.69, 9.17) is 15.5 Å². The predicted octanol–water partition coefficient (Wildman–Crippen LogP) is 3.71. The molecule has 7 heteroatoms. The Labute approximate surface area is 152 Å². The highest BCUT2D eigenvalue weighted by Crippen LogP contribution is 2.32. The van der Waals surface area contributed by atoms with Gasteiger partial charge in [0.15, 0.2) is 5.13 Å². The smallest absolute Gasteiger partial charge is 0.410 e. The molecule has 2 atom stereocenters. The summed E-state index contributed by atoms with van der Waals surface area (Å²) >= 11 is 1.64. The van der Waals surface area contributed by atoms with Crippen molar-refractivity contribution in [2.75, 3.05) is 23.7 Å². The van der Waals surface area contributed by atoms with Gasteiger partial charge < -0.3 is 15.4 Å². The van der Waals surface area contributed by atoms with E-state index in [1.54, 1.807) is 11.3 Å². The number of nitrogens with zero attached hydrogens (tertiary/aromatic N) is 3. The largest absolute Gasteiger partial charge is 0.444 e.